The van der Waals surface area contributed by atoms with E-state index in [1.54, 1.807) is 7.11 Å². The van der Waals surface area contributed by atoms with Gasteiger partial charge in [0.2, 0.25) is 0 Å². The zero-order chi connectivity index (χ0) is 13.4. The van der Waals surface area contributed by atoms with Crippen LogP contribution in [0.5, 0.6) is 0 Å². The van der Waals surface area contributed by atoms with E-state index in [1.807, 2.05) is 24.7 Å². The summed E-state index contributed by atoms with van der Waals surface area (Å²) in [4.78, 5) is 14.6. The van der Waals surface area contributed by atoms with Gasteiger partial charge in [0.05, 0.1) is 26.9 Å². The number of nitrogens with one attached hydrogen (secondary N) is 1. The SMILES string of the molecule is COCCOCCOC(=O)Cc1c[nH]c(C)[n+]1C. The number of aryl methyl sites for hydroxylation is 1. The van der Waals surface area contributed by atoms with Gasteiger partial charge in [0, 0.05) is 14.0 Å². The van der Waals surface area contributed by atoms with Crippen molar-refractivity contribution in [2.75, 3.05) is 33.5 Å². The number of imidazole rings is 1. The first-order valence-electron chi connectivity index (χ1n) is 5.90. The lowest BCUT2D eigenvalue weighted by Gasteiger charge is -2.05. The second kappa shape index (κ2) is 7.84. The zero-order valence-electron chi connectivity index (χ0n) is 11.2. The van der Waals surface area contributed by atoms with Crippen molar-refractivity contribution < 1.29 is 23.6 Å². The van der Waals surface area contributed by atoms with Crippen molar-refractivity contribution in [2.45, 2.75) is 13.3 Å². The number of methoxy groups -OCH3 is 1. The maximum Gasteiger partial charge on any atom is 0.314 e. The van der Waals surface area contributed by atoms with Crippen LogP contribution in [0.2, 0.25) is 0 Å². The van der Waals surface area contributed by atoms with Crippen LogP contribution in [-0.2, 0) is 32.5 Å². The fourth-order valence-corrected chi connectivity index (χ4v) is 1.42. The molecule has 1 aromatic rings. The lowest BCUT2D eigenvalue weighted by molar-refractivity contribution is -0.683. The highest BCUT2D eigenvalue weighted by Gasteiger charge is 2.14. The number of hydrogen-bond donors (Lipinski definition) is 1. The normalized spacial score (nSPS) is 10.6. The van der Waals surface area contributed by atoms with Crippen LogP contribution in [0.4, 0.5) is 0 Å². The number of rotatable bonds is 8. The Labute approximate surface area is 107 Å². The minimum Gasteiger partial charge on any atom is -0.463 e. The van der Waals surface area contributed by atoms with E-state index in [-0.39, 0.29) is 19.0 Å². The van der Waals surface area contributed by atoms with E-state index in [1.165, 1.54) is 0 Å². The summed E-state index contributed by atoms with van der Waals surface area (Å²) in [5, 5.41) is 0. The van der Waals surface area contributed by atoms with E-state index in [2.05, 4.69) is 4.98 Å². The van der Waals surface area contributed by atoms with Crippen molar-refractivity contribution in [3.63, 3.8) is 0 Å². The van der Waals surface area contributed by atoms with Gasteiger partial charge < -0.3 is 14.2 Å². The smallest absolute Gasteiger partial charge is 0.314 e. The van der Waals surface area contributed by atoms with Crippen LogP contribution in [-0.4, -0.2) is 44.5 Å². The van der Waals surface area contributed by atoms with E-state index in [4.69, 9.17) is 14.2 Å². The van der Waals surface area contributed by atoms with E-state index in [0.29, 0.717) is 19.8 Å². The van der Waals surface area contributed by atoms with Crippen LogP contribution in [0.15, 0.2) is 6.20 Å². The number of ether oxygens (including phenoxy) is 3. The molecule has 0 unspecified atom stereocenters. The number of aromatic amines is 1. The van der Waals surface area contributed by atoms with Crippen molar-refractivity contribution in [3.05, 3.63) is 17.7 Å². The van der Waals surface area contributed by atoms with Crippen LogP contribution in [0.25, 0.3) is 0 Å². The van der Waals surface area contributed by atoms with E-state index in [9.17, 15) is 4.79 Å². The number of hydrogen-bond acceptors (Lipinski definition) is 4. The molecule has 0 radical (unpaired) electrons. The summed E-state index contributed by atoms with van der Waals surface area (Å²) in [7, 11) is 3.52. The minimum atomic E-state index is -0.250. The molecule has 0 aliphatic heterocycles. The summed E-state index contributed by atoms with van der Waals surface area (Å²) >= 11 is 0. The molecule has 1 N–H and O–H groups in total. The molecule has 6 nitrogen and oxygen atoms in total. The van der Waals surface area contributed by atoms with E-state index >= 15 is 0 Å². The standard InChI is InChI=1S/C12H20N2O4/c1-10-13-9-11(14(10)2)8-12(15)18-7-6-17-5-4-16-3/h9H,4-8H2,1-3H3/p+1. The third-order valence-electron chi connectivity index (χ3n) is 2.63. The number of nitrogens with zero attached hydrogens (tertiary/aromatic N) is 1. The van der Waals surface area contributed by atoms with E-state index in [0.717, 1.165) is 11.5 Å². The average Bonchev–Trinajstić information content (AvgIpc) is 2.65. The second-order valence-corrected chi connectivity index (χ2v) is 3.93. The van der Waals surface area contributed by atoms with Crippen molar-refractivity contribution in [3.8, 4) is 0 Å². The van der Waals surface area contributed by atoms with Gasteiger partial charge in [-0.25, -0.2) is 9.55 Å². The van der Waals surface area contributed by atoms with Gasteiger partial charge in [-0.15, -0.1) is 0 Å². The highest BCUT2D eigenvalue weighted by Crippen LogP contribution is 1.96. The predicted octanol–water partition coefficient (Wildman–Crippen LogP) is -0.104. The van der Waals surface area contributed by atoms with Gasteiger partial charge in [0.25, 0.3) is 5.82 Å². The van der Waals surface area contributed by atoms with Crippen molar-refractivity contribution in [2.24, 2.45) is 7.05 Å². The van der Waals surface area contributed by atoms with Crippen LogP contribution in [0, 0.1) is 6.92 Å². The molecule has 102 valence electrons. The number of carbonyl (C=O) groups is 1. The monoisotopic (exact) mass is 257 g/mol. The Morgan fingerprint density at radius 3 is 2.67 bits per heavy atom. The van der Waals surface area contributed by atoms with Gasteiger partial charge in [-0.1, -0.05) is 0 Å². The van der Waals surface area contributed by atoms with Crippen molar-refractivity contribution in [1.29, 1.82) is 0 Å². The molecule has 0 saturated heterocycles. The summed E-state index contributed by atoms with van der Waals surface area (Å²) < 4.78 is 17.0. The molecule has 0 aromatic carbocycles. The Balaban J connectivity index is 2.16. The number of H-pyrrole nitrogens is 1. The topological polar surface area (TPSA) is 64.4 Å². The first-order chi connectivity index (χ1) is 8.65. The van der Waals surface area contributed by atoms with Gasteiger partial charge in [-0.3, -0.25) is 4.79 Å². The maximum atomic E-state index is 11.5. The summed E-state index contributed by atoms with van der Waals surface area (Å²) in [6.07, 6.45) is 2.07. The molecule has 0 aliphatic carbocycles. The predicted molar refractivity (Wildman–Crippen MR) is 64.1 cm³/mol. The van der Waals surface area contributed by atoms with Crippen LogP contribution in [0.1, 0.15) is 11.5 Å². The number of aromatic nitrogens is 2. The highest BCUT2D eigenvalue weighted by molar-refractivity contribution is 5.71. The van der Waals surface area contributed by atoms with Crippen molar-refractivity contribution >= 4 is 5.97 Å². The molecule has 0 saturated carbocycles. The third kappa shape index (κ3) is 4.85. The van der Waals surface area contributed by atoms with Gasteiger partial charge in [-0.2, -0.15) is 0 Å². The Morgan fingerprint density at radius 2 is 2.06 bits per heavy atom. The summed E-state index contributed by atoms with van der Waals surface area (Å²) in [5.74, 6) is 0.751. The Hall–Kier alpha value is -1.40. The molecule has 6 heteroatoms. The fourth-order valence-electron chi connectivity index (χ4n) is 1.42. The van der Waals surface area contributed by atoms with Crippen LogP contribution >= 0.6 is 0 Å². The minimum absolute atomic E-state index is 0.250. The summed E-state index contributed by atoms with van der Waals surface area (Å²) in [6, 6.07) is 0. The largest absolute Gasteiger partial charge is 0.463 e. The fraction of sp³-hybridized carbons (Fsp3) is 0.667. The Morgan fingerprint density at radius 1 is 1.33 bits per heavy atom. The molecule has 0 spiro atoms. The Kier molecular flexibility index (Phi) is 6.38. The average molecular weight is 257 g/mol. The molecule has 0 bridgehead atoms. The number of esters is 1. The lowest BCUT2D eigenvalue weighted by atomic mass is 10.3. The third-order valence-corrected chi connectivity index (χ3v) is 2.63. The lowest BCUT2D eigenvalue weighted by Crippen LogP contribution is -2.35. The van der Waals surface area contributed by atoms with E-state index < -0.39 is 0 Å². The molecule has 0 atom stereocenters. The zero-order valence-corrected chi connectivity index (χ0v) is 11.2. The molecule has 0 fully saturated rings. The molecule has 1 heterocycles. The molecular weight excluding hydrogens is 236 g/mol. The summed E-state index contributed by atoms with van der Waals surface area (Å²) in [6.45, 7) is 3.67. The first-order valence-corrected chi connectivity index (χ1v) is 5.90. The van der Waals surface area contributed by atoms with Gasteiger partial charge in [0.15, 0.2) is 5.69 Å². The molecule has 0 aliphatic rings. The molecule has 1 rings (SSSR count). The van der Waals surface area contributed by atoms with Crippen molar-refractivity contribution in [1.82, 2.24) is 4.98 Å². The molecule has 18 heavy (non-hydrogen) atoms. The quantitative estimate of drug-likeness (QED) is 0.401. The first kappa shape index (κ1) is 14.7. The second-order valence-electron chi connectivity index (χ2n) is 3.93. The molecular formula is C12H21N2O4+. The number of carbonyl (C=O) groups excluding carboxylic acids is 1. The molecule has 0 amide bonds. The molecule has 1 aromatic heterocycles. The Bertz CT molecular complexity index is 376. The van der Waals surface area contributed by atoms with Crippen LogP contribution < -0.4 is 4.57 Å². The summed E-state index contributed by atoms with van der Waals surface area (Å²) in [5.41, 5.74) is 0.901. The highest BCUT2D eigenvalue weighted by atomic mass is 16.6. The van der Waals surface area contributed by atoms with Gasteiger partial charge >= 0.3 is 5.97 Å². The van der Waals surface area contributed by atoms with Crippen LogP contribution in [0.3, 0.4) is 0 Å². The van der Waals surface area contributed by atoms with Gasteiger partial charge in [-0.05, 0) is 0 Å². The maximum absolute atomic E-state index is 11.5. The van der Waals surface area contributed by atoms with Gasteiger partial charge in [0.1, 0.15) is 19.2 Å².